The number of nitrogen functional groups attached to an aromatic ring is 1. The van der Waals surface area contributed by atoms with Crippen molar-refractivity contribution in [3.63, 3.8) is 0 Å². The molecule has 0 aliphatic rings. The van der Waals surface area contributed by atoms with Crippen molar-refractivity contribution in [2.24, 2.45) is 0 Å². The second-order valence-electron chi connectivity index (χ2n) is 2.07. The van der Waals surface area contributed by atoms with Gasteiger partial charge in [-0.2, -0.15) is 0 Å². The maximum absolute atomic E-state index is 5.60. The normalized spacial score (nSPS) is 9.91. The van der Waals surface area contributed by atoms with Crippen molar-refractivity contribution in [1.29, 1.82) is 0 Å². The second kappa shape index (κ2) is 4.20. The highest BCUT2D eigenvalue weighted by Gasteiger charge is 1.95. The summed E-state index contributed by atoms with van der Waals surface area (Å²) in [6.07, 6.45) is 3.67. The van der Waals surface area contributed by atoms with Gasteiger partial charge < -0.3 is 5.73 Å². The lowest BCUT2D eigenvalue weighted by atomic mass is 10.3. The molecule has 0 saturated heterocycles. The summed E-state index contributed by atoms with van der Waals surface area (Å²) >= 11 is 1.57. The van der Waals surface area contributed by atoms with E-state index in [0.29, 0.717) is 5.82 Å². The molecular formula is C7H11N3S. The second-order valence-corrected chi connectivity index (χ2v) is 2.77. The highest BCUT2D eigenvalue weighted by Crippen LogP contribution is 2.06. The van der Waals surface area contributed by atoms with Crippen LogP contribution in [0.2, 0.25) is 0 Å². The maximum atomic E-state index is 5.60. The molecule has 0 spiro atoms. The molecule has 0 aliphatic carbocycles. The Labute approximate surface area is 70.5 Å². The molecule has 0 atom stereocenters. The number of nitrogens with zero attached hydrogens (tertiary/aromatic N) is 1. The van der Waals surface area contributed by atoms with Crippen LogP contribution in [0.25, 0.3) is 0 Å². The van der Waals surface area contributed by atoms with Crippen LogP contribution in [0.5, 0.6) is 0 Å². The Morgan fingerprint density at radius 1 is 1.73 bits per heavy atom. The number of hydrogen-bond donors (Lipinski definition) is 2. The van der Waals surface area contributed by atoms with E-state index in [0.717, 1.165) is 12.1 Å². The molecule has 11 heavy (non-hydrogen) atoms. The smallest absolute Gasteiger partial charge is 0.127 e. The minimum absolute atomic E-state index is 0.606. The quantitative estimate of drug-likeness (QED) is 0.664. The first kappa shape index (κ1) is 8.36. The van der Waals surface area contributed by atoms with Gasteiger partial charge >= 0.3 is 0 Å². The van der Waals surface area contributed by atoms with Gasteiger partial charge in [-0.1, -0.05) is 18.0 Å². The first-order valence-electron chi connectivity index (χ1n) is 3.30. The zero-order valence-electron chi connectivity index (χ0n) is 6.37. The molecule has 60 valence electrons. The Morgan fingerprint density at radius 2 is 2.55 bits per heavy atom. The van der Waals surface area contributed by atoms with Gasteiger partial charge in [-0.15, -0.1) is 0 Å². The average Bonchev–Trinajstić information content (AvgIpc) is 2.03. The van der Waals surface area contributed by atoms with Gasteiger partial charge in [0.1, 0.15) is 5.82 Å². The van der Waals surface area contributed by atoms with Crippen LogP contribution in [0.3, 0.4) is 0 Å². The molecule has 0 bridgehead atoms. The predicted molar refractivity (Wildman–Crippen MR) is 49.0 cm³/mol. The van der Waals surface area contributed by atoms with Crippen molar-refractivity contribution in [3.05, 3.63) is 23.9 Å². The summed E-state index contributed by atoms with van der Waals surface area (Å²) in [5.74, 6) is 0.606. The van der Waals surface area contributed by atoms with E-state index < -0.39 is 0 Å². The van der Waals surface area contributed by atoms with Gasteiger partial charge in [0, 0.05) is 18.3 Å². The van der Waals surface area contributed by atoms with Gasteiger partial charge in [0.15, 0.2) is 0 Å². The molecule has 0 amide bonds. The summed E-state index contributed by atoms with van der Waals surface area (Å²) in [4.78, 5) is 3.96. The Balaban J connectivity index is 2.62. The van der Waals surface area contributed by atoms with Crippen molar-refractivity contribution < 1.29 is 0 Å². The highest BCUT2D eigenvalue weighted by molar-refractivity contribution is 7.96. The summed E-state index contributed by atoms with van der Waals surface area (Å²) in [6.45, 7) is 0.765. The maximum Gasteiger partial charge on any atom is 0.127 e. The monoisotopic (exact) mass is 169 g/mol. The van der Waals surface area contributed by atoms with E-state index in [2.05, 4.69) is 9.71 Å². The third kappa shape index (κ3) is 2.40. The van der Waals surface area contributed by atoms with Gasteiger partial charge in [0.05, 0.1) is 0 Å². The number of rotatable bonds is 3. The standard InChI is InChI=1S/C7H11N3S/c1-11-10-5-6-3-2-4-9-7(6)8/h2-4,10H,5H2,1H3,(H2,8,9). The molecule has 3 nitrogen and oxygen atoms in total. The van der Waals surface area contributed by atoms with E-state index >= 15 is 0 Å². The number of aromatic nitrogens is 1. The molecule has 1 aromatic rings. The van der Waals surface area contributed by atoms with Crippen LogP contribution in [0.1, 0.15) is 5.56 Å². The fraction of sp³-hybridized carbons (Fsp3) is 0.286. The van der Waals surface area contributed by atoms with Crippen LogP contribution in [0.15, 0.2) is 18.3 Å². The predicted octanol–water partition coefficient (Wildman–Crippen LogP) is 1.03. The van der Waals surface area contributed by atoms with Crippen LogP contribution in [0.4, 0.5) is 5.82 Å². The van der Waals surface area contributed by atoms with Crippen LogP contribution < -0.4 is 10.5 Å². The summed E-state index contributed by atoms with van der Waals surface area (Å²) in [5.41, 5.74) is 6.64. The van der Waals surface area contributed by atoms with E-state index in [-0.39, 0.29) is 0 Å². The largest absolute Gasteiger partial charge is 0.383 e. The van der Waals surface area contributed by atoms with E-state index in [9.17, 15) is 0 Å². The molecule has 0 radical (unpaired) electrons. The minimum atomic E-state index is 0.606. The summed E-state index contributed by atoms with van der Waals surface area (Å²) < 4.78 is 3.10. The highest BCUT2D eigenvalue weighted by atomic mass is 32.2. The first-order valence-corrected chi connectivity index (χ1v) is 4.52. The van der Waals surface area contributed by atoms with Crippen molar-refractivity contribution in [1.82, 2.24) is 9.71 Å². The molecule has 0 aliphatic heterocycles. The van der Waals surface area contributed by atoms with Gasteiger partial charge in [-0.3, -0.25) is 4.72 Å². The van der Waals surface area contributed by atoms with E-state index in [1.165, 1.54) is 0 Å². The summed E-state index contributed by atoms with van der Waals surface area (Å²) in [6, 6.07) is 3.85. The Kier molecular flexibility index (Phi) is 3.19. The lowest BCUT2D eigenvalue weighted by molar-refractivity contribution is 0.972. The molecule has 0 saturated carbocycles. The van der Waals surface area contributed by atoms with E-state index in [1.807, 2.05) is 18.4 Å². The molecule has 1 heterocycles. The van der Waals surface area contributed by atoms with Crippen LogP contribution >= 0.6 is 11.9 Å². The average molecular weight is 169 g/mol. The number of nitrogens with one attached hydrogen (secondary N) is 1. The third-order valence-corrected chi connectivity index (χ3v) is 1.77. The zero-order chi connectivity index (χ0) is 8.10. The topological polar surface area (TPSA) is 50.9 Å². The number of anilines is 1. The molecule has 0 fully saturated rings. The Bertz CT molecular complexity index is 227. The van der Waals surface area contributed by atoms with Gasteiger partial charge in [-0.05, 0) is 12.3 Å². The fourth-order valence-corrected chi connectivity index (χ4v) is 1.05. The minimum Gasteiger partial charge on any atom is -0.383 e. The van der Waals surface area contributed by atoms with Crippen molar-refractivity contribution in [2.45, 2.75) is 6.54 Å². The zero-order valence-corrected chi connectivity index (χ0v) is 7.19. The van der Waals surface area contributed by atoms with Gasteiger partial charge in [0.2, 0.25) is 0 Å². The Morgan fingerprint density at radius 3 is 3.18 bits per heavy atom. The third-order valence-electron chi connectivity index (χ3n) is 1.33. The molecule has 1 rings (SSSR count). The van der Waals surface area contributed by atoms with E-state index in [1.54, 1.807) is 18.1 Å². The van der Waals surface area contributed by atoms with Crippen LogP contribution in [-0.4, -0.2) is 11.2 Å². The number of hydrogen-bond acceptors (Lipinski definition) is 4. The number of pyridine rings is 1. The lowest BCUT2D eigenvalue weighted by Gasteiger charge is -2.02. The summed E-state index contributed by atoms with van der Waals surface area (Å²) in [5, 5.41) is 0. The molecule has 3 N–H and O–H groups in total. The fourth-order valence-electron chi connectivity index (χ4n) is 0.750. The van der Waals surface area contributed by atoms with Crippen LogP contribution in [0, 0.1) is 0 Å². The van der Waals surface area contributed by atoms with Crippen molar-refractivity contribution >= 4 is 17.8 Å². The van der Waals surface area contributed by atoms with Crippen LogP contribution in [-0.2, 0) is 6.54 Å². The van der Waals surface area contributed by atoms with Crippen molar-refractivity contribution in [3.8, 4) is 0 Å². The van der Waals surface area contributed by atoms with Gasteiger partial charge in [0.25, 0.3) is 0 Å². The first-order chi connectivity index (χ1) is 5.34. The summed E-state index contributed by atoms with van der Waals surface area (Å²) in [7, 11) is 0. The molecular weight excluding hydrogens is 158 g/mol. The lowest BCUT2D eigenvalue weighted by Crippen LogP contribution is -2.05. The molecule has 1 aromatic heterocycles. The molecule has 4 heteroatoms. The van der Waals surface area contributed by atoms with Gasteiger partial charge in [-0.25, -0.2) is 4.98 Å². The SMILES string of the molecule is CSNCc1cccnc1N. The van der Waals surface area contributed by atoms with E-state index in [4.69, 9.17) is 5.73 Å². The molecule has 0 unspecified atom stereocenters. The molecule has 0 aromatic carbocycles. The number of nitrogens with two attached hydrogens (primary N) is 1. The van der Waals surface area contributed by atoms with Crippen molar-refractivity contribution in [2.75, 3.05) is 12.0 Å². The Hall–Kier alpha value is -0.740.